The molecule has 0 aromatic heterocycles. The Hall–Kier alpha value is -4.19. The van der Waals surface area contributed by atoms with E-state index in [0.29, 0.717) is 19.3 Å². The molecule has 0 heterocycles. The molecular formula is C65H106O6. The number of unbranched alkanes of at least 4 members (excludes halogenated alkanes) is 20. The lowest BCUT2D eigenvalue weighted by molar-refractivity contribution is -0.167. The van der Waals surface area contributed by atoms with Gasteiger partial charge in [-0.25, -0.2) is 0 Å². The molecule has 0 amide bonds. The van der Waals surface area contributed by atoms with E-state index in [0.717, 1.165) is 141 Å². The summed E-state index contributed by atoms with van der Waals surface area (Å²) in [5.74, 6) is -0.956. The number of carbonyl (C=O) groups excluding carboxylic acids is 3. The molecule has 1 atom stereocenters. The van der Waals surface area contributed by atoms with Gasteiger partial charge >= 0.3 is 17.9 Å². The maximum absolute atomic E-state index is 12.9. The number of ether oxygens (including phenoxy) is 3. The Morgan fingerprint density at radius 3 is 0.873 bits per heavy atom. The minimum atomic E-state index is -0.806. The van der Waals surface area contributed by atoms with Crippen molar-refractivity contribution in [3.05, 3.63) is 122 Å². The van der Waals surface area contributed by atoms with Gasteiger partial charge in [0.25, 0.3) is 0 Å². The highest BCUT2D eigenvalue weighted by atomic mass is 16.6. The minimum Gasteiger partial charge on any atom is -0.462 e. The Bertz CT molecular complexity index is 1500. The summed E-state index contributed by atoms with van der Waals surface area (Å²) in [6.07, 6.45) is 80.4. The maximum Gasteiger partial charge on any atom is 0.306 e. The van der Waals surface area contributed by atoms with Gasteiger partial charge in [0.05, 0.1) is 0 Å². The summed E-state index contributed by atoms with van der Waals surface area (Å²) in [5, 5.41) is 0. The molecule has 0 saturated heterocycles. The topological polar surface area (TPSA) is 78.9 Å². The zero-order chi connectivity index (χ0) is 51.4. The van der Waals surface area contributed by atoms with E-state index < -0.39 is 6.10 Å². The van der Waals surface area contributed by atoms with Gasteiger partial charge in [-0.15, -0.1) is 0 Å². The molecule has 0 fully saturated rings. The number of hydrogen-bond donors (Lipinski definition) is 0. The van der Waals surface area contributed by atoms with Crippen LogP contribution in [0.25, 0.3) is 0 Å². The van der Waals surface area contributed by atoms with Crippen LogP contribution < -0.4 is 0 Å². The Kier molecular flexibility index (Phi) is 54.9. The predicted octanol–water partition coefficient (Wildman–Crippen LogP) is 19.6. The quantitative estimate of drug-likeness (QED) is 0.0261. The van der Waals surface area contributed by atoms with Crippen molar-refractivity contribution in [2.24, 2.45) is 0 Å². The average molecular weight is 984 g/mol. The highest BCUT2D eigenvalue weighted by Gasteiger charge is 2.19. The van der Waals surface area contributed by atoms with Crippen molar-refractivity contribution in [1.82, 2.24) is 0 Å². The lowest BCUT2D eigenvalue weighted by atomic mass is 10.1. The van der Waals surface area contributed by atoms with Crippen LogP contribution in [0.4, 0.5) is 0 Å². The molecule has 0 saturated carbocycles. The van der Waals surface area contributed by atoms with Crippen LogP contribution in [0.1, 0.15) is 252 Å². The molecule has 0 aromatic carbocycles. The van der Waals surface area contributed by atoms with Gasteiger partial charge in [-0.2, -0.15) is 0 Å². The van der Waals surface area contributed by atoms with E-state index in [1.807, 2.05) is 0 Å². The standard InChI is InChI=1S/C65H106O6/c1-4-7-10-13-16-19-22-25-28-30-32-34-37-40-43-46-49-52-55-58-64(67)70-61-62(60-69-63(66)57-54-51-48-45-42-39-36-27-24-21-18-15-12-9-6-3)71-65(68)59-56-53-50-47-44-41-38-35-33-31-29-26-23-20-17-14-11-8-5-2/h7,9-10,12,16-21,25-29,32,34,36,40,43,62H,4-6,8,11,13-15,22-24,30-31,33,35,37-39,41-42,44-61H2,1-3H3/b10-7-,12-9-,19-16-,20-17-,21-18-,28-25-,29-26-,34-32-,36-27-,43-40-/t62-/m1/s1. The van der Waals surface area contributed by atoms with E-state index in [2.05, 4.69) is 142 Å². The van der Waals surface area contributed by atoms with Crippen LogP contribution in [0.3, 0.4) is 0 Å². The van der Waals surface area contributed by atoms with Crippen LogP contribution in [0.5, 0.6) is 0 Å². The molecule has 0 bridgehead atoms. The molecule has 0 radical (unpaired) electrons. The Balaban J connectivity index is 4.49. The van der Waals surface area contributed by atoms with E-state index >= 15 is 0 Å². The summed E-state index contributed by atoms with van der Waals surface area (Å²) >= 11 is 0. The fourth-order valence-corrected chi connectivity index (χ4v) is 7.63. The third kappa shape index (κ3) is 56.6. The van der Waals surface area contributed by atoms with E-state index in [1.165, 1.54) is 70.6 Å². The molecule has 0 unspecified atom stereocenters. The first-order valence-electron chi connectivity index (χ1n) is 29.0. The van der Waals surface area contributed by atoms with Crippen LogP contribution in [0, 0.1) is 0 Å². The van der Waals surface area contributed by atoms with Crippen LogP contribution in [0.2, 0.25) is 0 Å². The van der Waals surface area contributed by atoms with E-state index in [4.69, 9.17) is 14.2 Å². The van der Waals surface area contributed by atoms with E-state index in [1.54, 1.807) is 0 Å². The number of esters is 3. The molecule has 0 spiro atoms. The maximum atomic E-state index is 12.9. The molecule has 0 aromatic rings. The zero-order valence-electron chi connectivity index (χ0n) is 45.9. The number of rotatable bonds is 51. The van der Waals surface area contributed by atoms with Gasteiger partial charge in [-0.1, -0.05) is 226 Å². The second-order valence-electron chi connectivity index (χ2n) is 18.8. The summed E-state index contributed by atoms with van der Waals surface area (Å²) in [6.45, 7) is 6.34. The summed E-state index contributed by atoms with van der Waals surface area (Å²) in [5.41, 5.74) is 0. The average Bonchev–Trinajstić information content (AvgIpc) is 3.37. The van der Waals surface area contributed by atoms with Gasteiger partial charge in [0, 0.05) is 19.3 Å². The third-order valence-electron chi connectivity index (χ3n) is 11.9. The summed E-state index contributed by atoms with van der Waals surface area (Å²) < 4.78 is 16.8. The van der Waals surface area contributed by atoms with Crippen molar-refractivity contribution in [1.29, 1.82) is 0 Å². The van der Waals surface area contributed by atoms with Crippen LogP contribution in [-0.4, -0.2) is 37.2 Å². The normalized spacial score (nSPS) is 13.0. The van der Waals surface area contributed by atoms with Gasteiger partial charge in [0.1, 0.15) is 13.2 Å². The summed E-state index contributed by atoms with van der Waals surface area (Å²) in [4.78, 5) is 38.2. The van der Waals surface area contributed by atoms with Gasteiger partial charge in [0.15, 0.2) is 6.10 Å². The van der Waals surface area contributed by atoms with Gasteiger partial charge in [0.2, 0.25) is 0 Å². The second-order valence-corrected chi connectivity index (χ2v) is 18.8. The van der Waals surface area contributed by atoms with E-state index in [-0.39, 0.29) is 31.1 Å². The molecule has 0 rings (SSSR count). The molecule has 71 heavy (non-hydrogen) atoms. The molecular weight excluding hydrogens is 877 g/mol. The summed E-state index contributed by atoms with van der Waals surface area (Å²) in [7, 11) is 0. The molecule has 6 nitrogen and oxygen atoms in total. The van der Waals surface area contributed by atoms with Crippen LogP contribution in [0.15, 0.2) is 122 Å². The molecule has 6 heteroatoms. The first-order valence-corrected chi connectivity index (χ1v) is 29.0. The molecule has 0 N–H and O–H groups in total. The van der Waals surface area contributed by atoms with Crippen LogP contribution >= 0.6 is 0 Å². The van der Waals surface area contributed by atoms with Crippen molar-refractivity contribution < 1.29 is 28.6 Å². The van der Waals surface area contributed by atoms with Crippen molar-refractivity contribution in [3.63, 3.8) is 0 Å². The fraction of sp³-hybridized carbons (Fsp3) is 0.646. The Labute approximate surface area is 437 Å². The molecule has 0 aliphatic carbocycles. The summed E-state index contributed by atoms with van der Waals surface area (Å²) in [6, 6.07) is 0. The van der Waals surface area contributed by atoms with Gasteiger partial charge in [-0.3, -0.25) is 14.4 Å². The van der Waals surface area contributed by atoms with Crippen molar-refractivity contribution in [2.45, 2.75) is 258 Å². The fourth-order valence-electron chi connectivity index (χ4n) is 7.63. The monoisotopic (exact) mass is 983 g/mol. The Morgan fingerprint density at radius 1 is 0.296 bits per heavy atom. The van der Waals surface area contributed by atoms with Crippen LogP contribution in [-0.2, 0) is 28.6 Å². The highest BCUT2D eigenvalue weighted by Crippen LogP contribution is 2.14. The molecule has 0 aliphatic rings. The lowest BCUT2D eigenvalue weighted by Crippen LogP contribution is -2.30. The second kappa shape index (κ2) is 58.4. The SMILES string of the molecule is CC/C=C\C/C=C\C/C=C\C/C=C\C/C=C\CCCCCC(=O)OC[C@@H](COC(=O)CCCCCCC/C=C\C/C=C\C/C=C\CC)OC(=O)CCCCCCCCCCC/C=C\C/C=C\CCCCC. The smallest absolute Gasteiger partial charge is 0.306 e. The Morgan fingerprint density at radius 2 is 0.549 bits per heavy atom. The number of allylic oxidation sites excluding steroid dienone is 20. The molecule has 402 valence electrons. The predicted molar refractivity (Wildman–Crippen MR) is 306 cm³/mol. The van der Waals surface area contributed by atoms with Crippen molar-refractivity contribution in [2.75, 3.05) is 13.2 Å². The van der Waals surface area contributed by atoms with Gasteiger partial charge in [-0.05, 0) is 128 Å². The highest BCUT2D eigenvalue weighted by molar-refractivity contribution is 5.71. The molecule has 0 aliphatic heterocycles. The van der Waals surface area contributed by atoms with Crippen molar-refractivity contribution >= 4 is 17.9 Å². The first kappa shape index (κ1) is 66.8. The zero-order valence-corrected chi connectivity index (χ0v) is 45.9. The number of carbonyl (C=O) groups is 3. The van der Waals surface area contributed by atoms with Crippen molar-refractivity contribution in [3.8, 4) is 0 Å². The minimum absolute atomic E-state index is 0.102. The first-order chi connectivity index (χ1) is 35.0. The largest absolute Gasteiger partial charge is 0.462 e. The van der Waals surface area contributed by atoms with E-state index in [9.17, 15) is 14.4 Å². The third-order valence-corrected chi connectivity index (χ3v) is 11.9. The number of hydrogen-bond acceptors (Lipinski definition) is 6. The lowest BCUT2D eigenvalue weighted by Gasteiger charge is -2.18. The van der Waals surface area contributed by atoms with Gasteiger partial charge < -0.3 is 14.2 Å².